The number of aryl methyl sites for hydroxylation is 1. The van der Waals surface area contributed by atoms with Crippen LogP contribution in [0.3, 0.4) is 0 Å². The molecule has 2 aromatic heterocycles. The van der Waals surface area contributed by atoms with Gasteiger partial charge in [0.25, 0.3) is 11.5 Å². The number of methoxy groups -OCH3 is 1. The topological polar surface area (TPSA) is 79.4 Å². The van der Waals surface area contributed by atoms with Crippen molar-refractivity contribution >= 4 is 16.8 Å². The maximum Gasteiger partial charge on any atom is 0.256 e. The highest BCUT2D eigenvalue weighted by atomic mass is 19.1. The molecular formula is C27H35FN4O3. The maximum atomic E-state index is 13.4. The average molecular weight is 483 g/mol. The van der Waals surface area contributed by atoms with Gasteiger partial charge in [-0.25, -0.2) is 4.39 Å². The molecule has 8 heteroatoms. The number of alkyl halides is 1. The van der Waals surface area contributed by atoms with Gasteiger partial charge in [0.2, 0.25) is 0 Å². The molecule has 4 rings (SSSR count). The zero-order valence-electron chi connectivity index (χ0n) is 21.0. The van der Waals surface area contributed by atoms with Crippen molar-refractivity contribution in [3.8, 4) is 5.75 Å². The first-order valence-corrected chi connectivity index (χ1v) is 12.3. The van der Waals surface area contributed by atoms with Crippen LogP contribution in [0.5, 0.6) is 5.75 Å². The number of amides is 1. The van der Waals surface area contributed by atoms with Crippen molar-refractivity contribution in [2.24, 2.45) is 5.92 Å². The van der Waals surface area contributed by atoms with Crippen LogP contribution in [0.25, 0.3) is 10.9 Å². The zero-order valence-corrected chi connectivity index (χ0v) is 21.0. The fraction of sp³-hybridized carbons (Fsp3) is 0.481. The summed E-state index contributed by atoms with van der Waals surface area (Å²) in [5.41, 5.74) is 3.39. The van der Waals surface area contributed by atoms with E-state index in [9.17, 15) is 14.0 Å². The lowest BCUT2D eigenvalue weighted by molar-refractivity contribution is 0.0951. The van der Waals surface area contributed by atoms with Gasteiger partial charge in [0.05, 0.1) is 24.8 Å². The number of carbonyl (C=O) groups excluding carboxylic acids is 1. The highest BCUT2D eigenvalue weighted by molar-refractivity contribution is 6.08. The molecule has 1 fully saturated rings. The summed E-state index contributed by atoms with van der Waals surface area (Å²) in [6.07, 6.45) is 2.01. The largest absolute Gasteiger partial charge is 0.496 e. The summed E-state index contributed by atoms with van der Waals surface area (Å²) in [7, 11) is 1.51. The molecule has 2 N–H and O–H groups in total. The molecule has 1 saturated heterocycles. The Morgan fingerprint density at radius 2 is 1.97 bits per heavy atom. The predicted octanol–water partition coefficient (Wildman–Crippen LogP) is 4.13. The van der Waals surface area contributed by atoms with Gasteiger partial charge in [0, 0.05) is 34.9 Å². The number of nitrogens with zero attached hydrogens (tertiary/aromatic N) is 2. The van der Waals surface area contributed by atoms with Crippen molar-refractivity contribution in [3.05, 3.63) is 63.2 Å². The number of hydrogen-bond donors (Lipinski definition) is 2. The Bertz CT molecular complexity index is 1260. The standard InChI is InChI=1S/C27H35FN4O3/c1-17-15-24(35-4)22(26(33)30-17)16-29-27(34)25-19(3)32(23-8-6-5-7-21(23)25)18(2)20-9-12-31(13-10-20)14-11-28/h5-8,15,18,20H,9-14,16H2,1-4H3,(H,29,34)(H,30,33)/t18-/m0/s1. The highest BCUT2D eigenvalue weighted by Gasteiger charge is 2.29. The van der Waals surface area contributed by atoms with E-state index < -0.39 is 0 Å². The molecule has 0 radical (unpaired) electrons. The van der Waals surface area contributed by atoms with Gasteiger partial charge >= 0.3 is 0 Å². The van der Waals surface area contributed by atoms with Gasteiger partial charge in [-0.2, -0.15) is 0 Å². The fourth-order valence-electron chi connectivity index (χ4n) is 5.48. The van der Waals surface area contributed by atoms with Gasteiger partial charge in [-0.1, -0.05) is 18.2 Å². The highest BCUT2D eigenvalue weighted by Crippen LogP contribution is 2.35. The van der Waals surface area contributed by atoms with E-state index in [2.05, 4.69) is 32.8 Å². The number of hydrogen-bond acceptors (Lipinski definition) is 4. The molecule has 3 heterocycles. The molecule has 0 unspecified atom stereocenters. The van der Waals surface area contributed by atoms with Crippen molar-refractivity contribution < 1.29 is 13.9 Å². The number of piperidine rings is 1. The Morgan fingerprint density at radius 3 is 2.66 bits per heavy atom. The van der Waals surface area contributed by atoms with Crippen LogP contribution in [0, 0.1) is 19.8 Å². The summed E-state index contributed by atoms with van der Waals surface area (Å²) < 4.78 is 20.4. The monoisotopic (exact) mass is 482 g/mol. The maximum absolute atomic E-state index is 13.4. The second-order valence-corrected chi connectivity index (χ2v) is 9.47. The Labute approximate surface area is 205 Å². The number of rotatable bonds is 8. The molecule has 1 aromatic carbocycles. The van der Waals surface area contributed by atoms with Gasteiger partial charge in [-0.05, 0) is 64.8 Å². The van der Waals surface area contributed by atoms with Gasteiger partial charge in [0.15, 0.2) is 0 Å². The van der Waals surface area contributed by atoms with E-state index in [1.807, 2.05) is 25.1 Å². The molecule has 188 valence electrons. The minimum atomic E-state index is -0.305. The summed E-state index contributed by atoms with van der Waals surface area (Å²) in [6.45, 7) is 8.06. The number of aromatic amines is 1. The number of likely N-dealkylation sites (tertiary alicyclic amines) is 1. The summed E-state index contributed by atoms with van der Waals surface area (Å²) in [4.78, 5) is 30.9. The van der Waals surface area contributed by atoms with Crippen molar-refractivity contribution in [2.75, 3.05) is 33.4 Å². The van der Waals surface area contributed by atoms with Crippen LogP contribution < -0.4 is 15.6 Å². The molecule has 35 heavy (non-hydrogen) atoms. The Kier molecular flexibility index (Phi) is 7.60. The summed E-state index contributed by atoms with van der Waals surface area (Å²) in [5.74, 6) is 0.689. The van der Waals surface area contributed by atoms with Crippen LogP contribution >= 0.6 is 0 Å². The van der Waals surface area contributed by atoms with Crippen LogP contribution in [0.4, 0.5) is 4.39 Å². The number of halogens is 1. The molecular weight excluding hydrogens is 447 g/mol. The lowest BCUT2D eigenvalue weighted by atomic mass is 9.90. The number of nitrogens with one attached hydrogen (secondary N) is 2. The molecule has 0 spiro atoms. The van der Waals surface area contributed by atoms with Gasteiger partial charge in [0.1, 0.15) is 12.4 Å². The normalized spacial score (nSPS) is 15.9. The molecule has 1 amide bonds. The predicted molar refractivity (Wildman–Crippen MR) is 136 cm³/mol. The minimum Gasteiger partial charge on any atom is -0.496 e. The quantitative estimate of drug-likeness (QED) is 0.506. The third-order valence-corrected chi connectivity index (χ3v) is 7.38. The zero-order chi connectivity index (χ0) is 25.1. The van der Waals surface area contributed by atoms with E-state index >= 15 is 0 Å². The van der Waals surface area contributed by atoms with E-state index in [0.717, 1.165) is 42.5 Å². The molecule has 1 aliphatic heterocycles. The number of aromatic nitrogens is 2. The van der Waals surface area contributed by atoms with Gasteiger partial charge in [-0.15, -0.1) is 0 Å². The molecule has 0 aliphatic carbocycles. The first kappa shape index (κ1) is 25.0. The fourth-order valence-corrected chi connectivity index (χ4v) is 5.48. The van der Waals surface area contributed by atoms with E-state index in [4.69, 9.17) is 4.74 Å². The smallest absolute Gasteiger partial charge is 0.256 e. The lowest BCUT2D eigenvalue weighted by Gasteiger charge is -2.35. The molecule has 0 saturated carbocycles. The molecule has 0 bridgehead atoms. The second kappa shape index (κ2) is 10.6. The Balaban J connectivity index is 1.61. The summed E-state index contributed by atoms with van der Waals surface area (Å²) in [6, 6.07) is 9.92. The lowest BCUT2D eigenvalue weighted by Crippen LogP contribution is -2.37. The Morgan fingerprint density at radius 1 is 1.26 bits per heavy atom. The van der Waals surface area contributed by atoms with Crippen LogP contribution in [-0.4, -0.2) is 53.8 Å². The van der Waals surface area contributed by atoms with Crippen LogP contribution in [0.2, 0.25) is 0 Å². The van der Waals surface area contributed by atoms with Crippen LogP contribution in [-0.2, 0) is 6.54 Å². The first-order chi connectivity index (χ1) is 16.8. The van der Waals surface area contributed by atoms with Crippen molar-refractivity contribution in [3.63, 3.8) is 0 Å². The number of para-hydroxylation sites is 1. The number of fused-ring (bicyclic) bond motifs is 1. The number of benzene rings is 1. The van der Waals surface area contributed by atoms with E-state index in [0.29, 0.717) is 35.0 Å². The number of ether oxygens (including phenoxy) is 1. The molecule has 1 atom stereocenters. The number of pyridine rings is 1. The Hall–Kier alpha value is -3.13. The third kappa shape index (κ3) is 4.98. The van der Waals surface area contributed by atoms with Crippen molar-refractivity contribution in [1.29, 1.82) is 0 Å². The second-order valence-electron chi connectivity index (χ2n) is 9.47. The van der Waals surface area contributed by atoms with Crippen molar-refractivity contribution in [1.82, 2.24) is 19.8 Å². The first-order valence-electron chi connectivity index (χ1n) is 12.3. The van der Waals surface area contributed by atoms with E-state index in [1.165, 1.54) is 7.11 Å². The summed E-state index contributed by atoms with van der Waals surface area (Å²) in [5, 5.41) is 3.84. The molecule has 7 nitrogen and oxygen atoms in total. The summed E-state index contributed by atoms with van der Waals surface area (Å²) >= 11 is 0. The van der Waals surface area contributed by atoms with Crippen LogP contribution in [0.1, 0.15) is 53.1 Å². The average Bonchev–Trinajstić information content (AvgIpc) is 3.14. The molecule has 3 aromatic rings. The van der Waals surface area contributed by atoms with E-state index in [-0.39, 0.29) is 30.7 Å². The van der Waals surface area contributed by atoms with Gasteiger partial charge < -0.3 is 24.5 Å². The minimum absolute atomic E-state index is 0.0686. The van der Waals surface area contributed by atoms with Gasteiger partial charge in [-0.3, -0.25) is 9.59 Å². The SMILES string of the molecule is COc1cc(C)[nH]c(=O)c1CNC(=O)c1c(C)n([C@@H](C)C2CCN(CCF)CC2)c2ccccc12. The van der Waals surface area contributed by atoms with E-state index in [1.54, 1.807) is 13.0 Å². The third-order valence-electron chi connectivity index (χ3n) is 7.38. The van der Waals surface area contributed by atoms with Crippen LogP contribution in [0.15, 0.2) is 35.1 Å². The number of carbonyl (C=O) groups is 1. The molecule has 1 aliphatic rings. The number of H-pyrrole nitrogens is 1. The van der Waals surface area contributed by atoms with Crippen molar-refractivity contribution in [2.45, 2.75) is 46.2 Å².